The zero-order chi connectivity index (χ0) is 26.7. The van der Waals surface area contributed by atoms with Crippen molar-refractivity contribution in [3.8, 4) is 0 Å². The van der Waals surface area contributed by atoms with Crippen LogP contribution >= 0.6 is 0 Å². The van der Waals surface area contributed by atoms with Gasteiger partial charge in [-0.2, -0.15) is 4.31 Å². The summed E-state index contributed by atoms with van der Waals surface area (Å²) in [5.74, 6) is -0.0128. The van der Waals surface area contributed by atoms with Gasteiger partial charge in [0.2, 0.25) is 10.0 Å². The normalized spacial score (nSPS) is 24.5. The summed E-state index contributed by atoms with van der Waals surface area (Å²) in [6.07, 6.45) is 2.42. The second-order valence-corrected chi connectivity index (χ2v) is 12.6. The molecule has 194 valence electrons. The lowest BCUT2D eigenvalue weighted by atomic mass is 9.82. The molecule has 3 aliphatic rings. The summed E-state index contributed by atoms with van der Waals surface area (Å²) in [6, 6.07) is 12.6. The van der Waals surface area contributed by atoms with E-state index in [2.05, 4.69) is 12.7 Å². The fraction of sp³-hybridized carbons (Fsp3) is 0.370. The highest BCUT2D eigenvalue weighted by molar-refractivity contribution is 7.89. The lowest BCUT2D eigenvalue weighted by Crippen LogP contribution is -2.35. The third-order valence-corrected chi connectivity index (χ3v) is 8.89. The summed E-state index contributed by atoms with van der Waals surface area (Å²) in [6.45, 7) is 9.94. The van der Waals surface area contributed by atoms with Gasteiger partial charge in [0.15, 0.2) is 0 Å². The SMILES string of the molecule is C=C1CN(S(=O)(=O)c2ccc([N+](=O)[O-])cc2)C/C1=C/[C@@H]1CC2c3ccccc3C1N2C(=O)OC(C)(C)C. The van der Waals surface area contributed by atoms with Crippen LogP contribution in [0, 0.1) is 16.0 Å². The average molecular weight is 524 g/mol. The molecule has 2 fully saturated rings. The molecule has 0 saturated carbocycles. The molecule has 2 bridgehead atoms. The second-order valence-electron chi connectivity index (χ2n) is 10.7. The number of hydrogen-bond acceptors (Lipinski definition) is 6. The van der Waals surface area contributed by atoms with Crippen LogP contribution < -0.4 is 0 Å². The number of nitro benzene ring substituents is 1. The Bertz CT molecular complexity index is 1420. The summed E-state index contributed by atoms with van der Waals surface area (Å²) in [5, 5.41) is 10.9. The number of carbonyl (C=O) groups excluding carboxylic acids is 1. The van der Waals surface area contributed by atoms with Gasteiger partial charge in [-0.1, -0.05) is 36.9 Å². The summed E-state index contributed by atoms with van der Waals surface area (Å²) in [7, 11) is -3.86. The Hall–Kier alpha value is -3.50. The van der Waals surface area contributed by atoms with E-state index in [0.29, 0.717) is 12.0 Å². The molecule has 2 saturated heterocycles. The third-order valence-electron chi connectivity index (χ3n) is 7.08. The Morgan fingerprint density at radius 1 is 1.11 bits per heavy atom. The van der Waals surface area contributed by atoms with E-state index in [4.69, 9.17) is 4.74 Å². The molecule has 10 heteroatoms. The molecule has 0 spiro atoms. The first-order chi connectivity index (χ1) is 17.4. The molecule has 2 aromatic carbocycles. The Balaban J connectivity index is 1.40. The highest BCUT2D eigenvalue weighted by Crippen LogP contribution is 2.57. The fourth-order valence-corrected chi connectivity index (χ4v) is 6.93. The van der Waals surface area contributed by atoms with E-state index in [0.717, 1.165) is 16.7 Å². The summed E-state index contributed by atoms with van der Waals surface area (Å²) in [5.41, 5.74) is 2.95. The monoisotopic (exact) mass is 523 g/mol. The van der Waals surface area contributed by atoms with Crippen LogP contribution in [-0.4, -0.2) is 47.3 Å². The molecule has 2 aromatic rings. The molecular formula is C27H29N3O6S. The Morgan fingerprint density at radius 2 is 1.76 bits per heavy atom. The number of amides is 1. The second kappa shape index (κ2) is 8.81. The third kappa shape index (κ3) is 4.44. The van der Waals surface area contributed by atoms with Crippen LogP contribution in [0.3, 0.4) is 0 Å². The quantitative estimate of drug-likeness (QED) is 0.406. The van der Waals surface area contributed by atoms with E-state index in [1.165, 1.54) is 28.6 Å². The molecule has 5 rings (SSSR count). The molecule has 9 nitrogen and oxygen atoms in total. The summed E-state index contributed by atoms with van der Waals surface area (Å²) >= 11 is 0. The van der Waals surface area contributed by atoms with Crippen LogP contribution in [0.2, 0.25) is 0 Å². The van der Waals surface area contributed by atoms with Gasteiger partial charge in [0.1, 0.15) is 5.60 Å². The maximum Gasteiger partial charge on any atom is 0.411 e. The van der Waals surface area contributed by atoms with Gasteiger partial charge in [-0.3, -0.25) is 15.0 Å². The first kappa shape index (κ1) is 25.2. The molecule has 0 radical (unpaired) electrons. The standard InChI is InChI=1S/C27H29N3O6S/c1-17-15-28(37(34,35)21-11-9-20(10-12-21)30(32)33)16-19(17)13-18-14-24-22-7-5-6-8-23(22)25(18)29(24)26(31)36-27(2,3)4/h5-13,18,24-25H,1,14-16H2,2-4H3/b19-13-/t18-,24?,25?/m1/s1. The van der Waals surface area contributed by atoms with E-state index < -0.39 is 20.5 Å². The number of rotatable bonds is 4. The van der Waals surface area contributed by atoms with Gasteiger partial charge in [-0.05, 0) is 61.6 Å². The van der Waals surface area contributed by atoms with E-state index in [1.54, 1.807) is 0 Å². The Labute approximate surface area is 216 Å². The van der Waals surface area contributed by atoms with Gasteiger partial charge >= 0.3 is 6.09 Å². The molecule has 3 aliphatic heterocycles. The first-order valence-corrected chi connectivity index (χ1v) is 13.5. The number of sulfonamides is 1. The van der Waals surface area contributed by atoms with Crippen molar-refractivity contribution < 1.29 is 22.9 Å². The summed E-state index contributed by atoms with van der Waals surface area (Å²) in [4.78, 5) is 25.4. The van der Waals surface area contributed by atoms with Crippen molar-refractivity contribution in [2.45, 2.75) is 49.8 Å². The Kier molecular flexibility index (Phi) is 5.99. The number of hydrogen-bond donors (Lipinski definition) is 0. The molecule has 3 heterocycles. The zero-order valence-corrected chi connectivity index (χ0v) is 21.8. The minimum atomic E-state index is -3.86. The van der Waals surface area contributed by atoms with Crippen LogP contribution in [0.4, 0.5) is 10.5 Å². The van der Waals surface area contributed by atoms with Crippen LogP contribution in [0.25, 0.3) is 0 Å². The van der Waals surface area contributed by atoms with Crippen molar-refractivity contribution in [1.82, 2.24) is 9.21 Å². The molecular weight excluding hydrogens is 494 g/mol. The average Bonchev–Trinajstić information content (AvgIpc) is 3.49. The minimum absolute atomic E-state index is 0.00268. The molecule has 3 atom stereocenters. The van der Waals surface area contributed by atoms with E-state index in [-0.39, 0.29) is 47.8 Å². The number of non-ortho nitro benzene ring substituents is 1. The highest BCUT2D eigenvalue weighted by Gasteiger charge is 2.52. The fourth-order valence-electron chi connectivity index (χ4n) is 5.52. The van der Waals surface area contributed by atoms with E-state index >= 15 is 0 Å². The molecule has 1 amide bonds. The lowest BCUT2D eigenvalue weighted by Gasteiger charge is -2.28. The molecule has 0 aromatic heterocycles. The minimum Gasteiger partial charge on any atom is -0.444 e. The smallest absolute Gasteiger partial charge is 0.411 e. The number of benzene rings is 2. The maximum absolute atomic E-state index is 13.2. The van der Waals surface area contributed by atoms with Gasteiger partial charge in [0.05, 0.1) is 21.9 Å². The predicted octanol–water partition coefficient (Wildman–Crippen LogP) is 5.13. The Morgan fingerprint density at radius 3 is 2.38 bits per heavy atom. The predicted molar refractivity (Wildman–Crippen MR) is 137 cm³/mol. The largest absolute Gasteiger partial charge is 0.444 e. The summed E-state index contributed by atoms with van der Waals surface area (Å²) < 4.78 is 33.5. The van der Waals surface area contributed by atoms with Crippen LogP contribution in [0.15, 0.2) is 77.2 Å². The van der Waals surface area contributed by atoms with Gasteiger partial charge < -0.3 is 4.74 Å². The van der Waals surface area contributed by atoms with Crippen molar-refractivity contribution >= 4 is 21.8 Å². The van der Waals surface area contributed by atoms with Crippen molar-refractivity contribution in [1.29, 1.82) is 0 Å². The molecule has 2 unspecified atom stereocenters. The van der Waals surface area contributed by atoms with Crippen LogP contribution in [-0.2, 0) is 14.8 Å². The van der Waals surface area contributed by atoms with E-state index in [1.807, 2.05) is 49.9 Å². The molecule has 0 aliphatic carbocycles. The number of fused-ring (bicyclic) bond motifs is 5. The van der Waals surface area contributed by atoms with Crippen molar-refractivity contribution in [2.75, 3.05) is 13.1 Å². The van der Waals surface area contributed by atoms with Gasteiger partial charge in [0, 0.05) is 31.1 Å². The first-order valence-electron chi connectivity index (χ1n) is 12.1. The van der Waals surface area contributed by atoms with Crippen molar-refractivity contribution in [3.63, 3.8) is 0 Å². The number of nitro groups is 1. The number of nitrogens with zero attached hydrogens (tertiary/aromatic N) is 3. The molecule has 37 heavy (non-hydrogen) atoms. The van der Waals surface area contributed by atoms with E-state index in [9.17, 15) is 23.3 Å². The van der Waals surface area contributed by atoms with Crippen molar-refractivity contribution in [3.05, 3.63) is 93.6 Å². The van der Waals surface area contributed by atoms with Gasteiger partial charge in [-0.15, -0.1) is 0 Å². The molecule has 0 N–H and O–H groups in total. The van der Waals surface area contributed by atoms with Gasteiger partial charge in [-0.25, -0.2) is 13.2 Å². The lowest BCUT2D eigenvalue weighted by molar-refractivity contribution is -0.384. The zero-order valence-electron chi connectivity index (χ0n) is 21.0. The van der Waals surface area contributed by atoms with Gasteiger partial charge in [0.25, 0.3) is 5.69 Å². The van der Waals surface area contributed by atoms with Crippen LogP contribution in [0.1, 0.15) is 50.4 Å². The number of ether oxygens (including phenoxy) is 1. The van der Waals surface area contributed by atoms with Crippen LogP contribution in [0.5, 0.6) is 0 Å². The maximum atomic E-state index is 13.2. The highest BCUT2D eigenvalue weighted by atomic mass is 32.2. The topological polar surface area (TPSA) is 110 Å². The number of carbonyl (C=O) groups is 1. The van der Waals surface area contributed by atoms with Crippen molar-refractivity contribution in [2.24, 2.45) is 5.92 Å².